The van der Waals surface area contributed by atoms with Crippen LogP contribution in [-0.2, 0) is 9.31 Å². The number of halogens is 1. The molecule has 1 saturated heterocycles. The summed E-state index contributed by atoms with van der Waals surface area (Å²) in [7, 11) is -0.541. The highest BCUT2D eigenvalue weighted by atomic mass is 35.5. The number of hydrogen-bond acceptors (Lipinski definition) is 4. The van der Waals surface area contributed by atoms with Gasteiger partial charge >= 0.3 is 13.2 Å². The molecule has 1 aliphatic rings. The van der Waals surface area contributed by atoms with Crippen molar-refractivity contribution < 1.29 is 23.6 Å². The summed E-state index contributed by atoms with van der Waals surface area (Å²) >= 11 is 6.48. The van der Waals surface area contributed by atoms with Gasteiger partial charge in [0.2, 0.25) is 0 Å². The first-order valence-corrected chi connectivity index (χ1v) is 9.67. The largest absolute Gasteiger partial charge is 0.494 e. The number of furan rings is 1. The highest BCUT2D eigenvalue weighted by Crippen LogP contribution is 2.39. The fraction of sp³-hybridized carbons (Fsp3) is 0.550. The van der Waals surface area contributed by atoms with Crippen LogP contribution in [0.3, 0.4) is 0 Å². The lowest BCUT2D eigenvalue weighted by Crippen LogP contribution is -2.41. The second-order valence-electron chi connectivity index (χ2n) is 9.41. The minimum absolute atomic E-state index is 0.382. The Kier molecular flexibility index (Phi) is 5.02. The Morgan fingerprint density at radius 1 is 1.14 bits per heavy atom. The molecule has 0 saturated carbocycles. The van der Waals surface area contributed by atoms with Crippen LogP contribution in [0.1, 0.15) is 60.3 Å². The molecule has 1 unspecified atom stereocenters. The van der Waals surface area contributed by atoms with Gasteiger partial charge in [0.1, 0.15) is 5.76 Å². The van der Waals surface area contributed by atoms with Crippen LogP contribution < -0.4 is 10.8 Å². The topological polar surface area (TPSA) is 80.9 Å². The first-order valence-electron chi connectivity index (χ1n) is 9.29. The van der Waals surface area contributed by atoms with Crippen LogP contribution in [0.4, 0.5) is 4.79 Å². The number of hydrogen-bond donors (Lipinski definition) is 2. The fourth-order valence-electron chi connectivity index (χ4n) is 3.25. The first-order chi connectivity index (χ1) is 12.7. The summed E-state index contributed by atoms with van der Waals surface area (Å²) in [5, 5.41) is 12.9. The normalized spacial score (nSPS) is 19.8. The zero-order valence-electron chi connectivity index (χ0n) is 17.3. The molecule has 152 valence electrons. The standard InChI is InChI=1S/C20H27BClNO5/c1-18(2,3)16(23-17(24)25)14-9-11-8-12(10-13(22)15(11)26-14)21-27-19(4,5)20(6,7)28-21/h8-10,16,23H,1-7H3,(H,24,25). The van der Waals surface area contributed by atoms with Crippen molar-refractivity contribution in [2.24, 2.45) is 5.41 Å². The quantitative estimate of drug-likeness (QED) is 0.718. The van der Waals surface area contributed by atoms with Crippen LogP contribution in [0.25, 0.3) is 11.0 Å². The third kappa shape index (κ3) is 3.75. The number of nitrogens with one attached hydrogen (secondary N) is 1. The molecule has 2 aromatic rings. The van der Waals surface area contributed by atoms with E-state index in [4.69, 9.17) is 25.3 Å². The molecule has 0 spiro atoms. The van der Waals surface area contributed by atoms with Gasteiger partial charge in [0.05, 0.1) is 22.3 Å². The van der Waals surface area contributed by atoms with Gasteiger partial charge in [-0.15, -0.1) is 0 Å². The van der Waals surface area contributed by atoms with Gasteiger partial charge in [0, 0.05) is 5.39 Å². The van der Waals surface area contributed by atoms with Crippen LogP contribution in [-0.4, -0.2) is 29.5 Å². The molecule has 1 atom stereocenters. The molecule has 1 fully saturated rings. The molecule has 0 radical (unpaired) electrons. The Hall–Kier alpha value is -1.70. The van der Waals surface area contributed by atoms with Gasteiger partial charge in [-0.3, -0.25) is 0 Å². The average molecular weight is 408 g/mol. The van der Waals surface area contributed by atoms with Gasteiger partial charge < -0.3 is 24.1 Å². The predicted octanol–water partition coefficient (Wildman–Crippen LogP) is 4.74. The third-order valence-corrected chi connectivity index (χ3v) is 5.84. The second kappa shape index (κ2) is 6.68. The fourth-order valence-corrected chi connectivity index (χ4v) is 3.52. The van der Waals surface area contributed by atoms with Gasteiger partial charge in [0.25, 0.3) is 0 Å². The van der Waals surface area contributed by atoms with E-state index in [-0.39, 0.29) is 5.41 Å². The average Bonchev–Trinajstić information content (AvgIpc) is 3.02. The maximum Gasteiger partial charge on any atom is 0.494 e. The number of carboxylic acid groups (broad SMARTS) is 1. The van der Waals surface area contributed by atoms with E-state index >= 15 is 0 Å². The summed E-state index contributed by atoms with van der Waals surface area (Å²) in [4.78, 5) is 11.2. The summed E-state index contributed by atoms with van der Waals surface area (Å²) in [6.07, 6.45) is -1.11. The molecule has 2 N–H and O–H groups in total. The van der Waals surface area contributed by atoms with Crippen LogP contribution in [0.15, 0.2) is 22.6 Å². The van der Waals surface area contributed by atoms with E-state index in [1.807, 2.05) is 60.6 Å². The summed E-state index contributed by atoms with van der Waals surface area (Å²) in [5.41, 5.74) is 0.0143. The molecule has 28 heavy (non-hydrogen) atoms. The number of carbonyl (C=O) groups is 1. The van der Waals surface area contributed by atoms with E-state index in [2.05, 4.69) is 5.32 Å². The molecule has 1 aromatic heterocycles. The van der Waals surface area contributed by atoms with Gasteiger partial charge in [-0.1, -0.05) is 38.4 Å². The van der Waals surface area contributed by atoms with Gasteiger partial charge in [-0.05, 0) is 50.7 Å². The lowest BCUT2D eigenvalue weighted by atomic mass is 9.78. The molecule has 2 heterocycles. The molecule has 8 heteroatoms. The van der Waals surface area contributed by atoms with E-state index in [0.717, 1.165) is 10.8 Å². The second-order valence-corrected chi connectivity index (χ2v) is 9.81. The zero-order valence-corrected chi connectivity index (χ0v) is 18.1. The van der Waals surface area contributed by atoms with Crippen molar-refractivity contribution in [2.75, 3.05) is 0 Å². The molecular weight excluding hydrogens is 380 g/mol. The van der Waals surface area contributed by atoms with Crippen LogP contribution in [0.2, 0.25) is 5.02 Å². The van der Waals surface area contributed by atoms with E-state index in [1.165, 1.54) is 0 Å². The lowest BCUT2D eigenvalue weighted by Gasteiger charge is -2.32. The Balaban J connectivity index is 2.02. The van der Waals surface area contributed by atoms with Crippen molar-refractivity contribution >= 4 is 41.2 Å². The highest BCUT2D eigenvalue weighted by Gasteiger charge is 2.51. The SMILES string of the molecule is CC(C)(C)C(NC(=O)O)c1cc2cc(B3OC(C)(C)C(C)(C)O3)cc(Cl)c2o1. The molecule has 1 amide bonds. The number of amides is 1. The van der Waals surface area contributed by atoms with Crippen LogP contribution in [0.5, 0.6) is 0 Å². The zero-order chi connectivity index (χ0) is 21.1. The molecule has 1 aromatic carbocycles. The van der Waals surface area contributed by atoms with Crippen LogP contribution in [0, 0.1) is 5.41 Å². The van der Waals surface area contributed by atoms with Crippen molar-refractivity contribution in [3.8, 4) is 0 Å². The minimum Gasteiger partial charge on any atom is -0.465 e. The van der Waals surface area contributed by atoms with Crippen LogP contribution >= 0.6 is 11.6 Å². The van der Waals surface area contributed by atoms with E-state index in [9.17, 15) is 9.90 Å². The molecule has 6 nitrogen and oxygen atoms in total. The molecule has 3 rings (SSSR count). The van der Waals surface area contributed by atoms with E-state index < -0.39 is 30.5 Å². The molecule has 0 aliphatic carbocycles. The number of rotatable bonds is 3. The van der Waals surface area contributed by atoms with Crippen molar-refractivity contribution in [1.29, 1.82) is 0 Å². The monoisotopic (exact) mass is 407 g/mol. The van der Waals surface area contributed by atoms with E-state index in [0.29, 0.717) is 16.4 Å². The van der Waals surface area contributed by atoms with Gasteiger partial charge in [-0.25, -0.2) is 4.79 Å². The molecule has 0 bridgehead atoms. The summed E-state index contributed by atoms with van der Waals surface area (Å²) in [5.74, 6) is 0.512. The van der Waals surface area contributed by atoms with E-state index in [1.54, 1.807) is 6.07 Å². The maximum atomic E-state index is 11.2. The predicted molar refractivity (Wildman–Crippen MR) is 110 cm³/mol. The Morgan fingerprint density at radius 2 is 1.71 bits per heavy atom. The smallest absolute Gasteiger partial charge is 0.465 e. The molecular formula is C20H27BClNO5. The molecule has 1 aliphatic heterocycles. The Morgan fingerprint density at radius 3 is 2.21 bits per heavy atom. The number of fused-ring (bicyclic) bond motifs is 1. The first kappa shape index (κ1) is 21.0. The van der Waals surface area contributed by atoms with Crippen molar-refractivity contribution in [1.82, 2.24) is 5.32 Å². The van der Waals surface area contributed by atoms with Crippen molar-refractivity contribution in [2.45, 2.75) is 65.7 Å². The summed E-state index contributed by atoms with van der Waals surface area (Å²) < 4.78 is 18.2. The number of benzene rings is 1. The minimum atomic E-state index is -1.11. The summed E-state index contributed by atoms with van der Waals surface area (Å²) in [6, 6.07) is 4.99. The van der Waals surface area contributed by atoms with Gasteiger partial charge in [-0.2, -0.15) is 0 Å². The Bertz CT molecular complexity index is 899. The summed E-state index contributed by atoms with van der Waals surface area (Å²) in [6.45, 7) is 13.8. The third-order valence-electron chi connectivity index (χ3n) is 5.56. The van der Waals surface area contributed by atoms with Gasteiger partial charge in [0.15, 0.2) is 5.58 Å². The highest BCUT2D eigenvalue weighted by molar-refractivity contribution is 6.63. The van der Waals surface area contributed by atoms with Crippen molar-refractivity contribution in [3.63, 3.8) is 0 Å². The Labute approximate surface area is 170 Å². The lowest BCUT2D eigenvalue weighted by molar-refractivity contribution is 0.00578. The maximum absolute atomic E-state index is 11.2. The van der Waals surface area contributed by atoms with Crippen molar-refractivity contribution in [3.05, 3.63) is 29.0 Å².